The molecule has 0 aliphatic heterocycles. The molecular formula is C34H31N3O5S. The second-order valence-electron chi connectivity index (χ2n) is 9.58. The number of fused-ring (bicyclic) bond motifs is 1. The zero-order valence-corrected chi connectivity index (χ0v) is 24.4. The van der Waals surface area contributed by atoms with Crippen molar-refractivity contribution in [3.05, 3.63) is 132 Å². The molecule has 43 heavy (non-hydrogen) atoms. The van der Waals surface area contributed by atoms with Gasteiger partial charge >= 0.3 is 0 Å². The van der Waals surface area contributed by atoms with Gasteiger partial charge in [0.15, 0.2) is 0 Å². The van der Waals surface area contributed by atoms with Gasteiger partial charge < -0.3 is 9.47 Å². The molecule has 0 aromatic heterocycles. The normalized spacial score (nSPS) is 11.4. The first-order chi connectivity index (χ1) is 20.9. The fraction of sp³-hybridized carbons (Fsp3) is 0.118. The number of benzene rings is 5. The van der Waals surface area contributed by atoms with Crippen molar-refractivity contribution in [3.63, 3.8) is 0 Å². The number of hydrogen-bond donors (Lipinski definition) is 1. The quantitative estimate of drug-likeness (QED) is 0.138. The van der Waals surface area contributed by atoms with E-state index >= 15 is 0 Å². The van der Waals surface area contributed by atoms with E-state index in [9.17, 15) is 13.2 Å². The first-order valence-electron chi connectivity index (χ1n) is 13.8. The zero-order valence-electron chi connectivity index (χ0n) is 23.6. The van der Waals surface area contributed by atoms with E-state index in [0.29, 0.717) is 30.4 Å². The van der Waals surface area contributed by atoms with Crippen LogP contribution in [0.3, 0.4) is 0 Å². The predicted molar refractivity (Wildman–Crippen MR) is 169 cm³/mol. The van der Waals surface area contributed by atoms with E-state index < -0.39 is 22.5 Å². The second kappa shape index (κ2) is 13.7. The molecule has 0 fully saturated rings. The summed E-state index contributed by atoms with van der Waals surface area (Å²) in [6.45, 7) is 2.31. The molecule has 0 saturated carbocycles. The summed E-state index contributed by atoms with van der Waals surface area (Å²) in [6.07, 6.45) is 1.48. The lowest BCUT2D eigenvalue weighted by Crippen LogP contribution is -2.39. The number of nitrogens with one attached hydrogen (secondary N) is 1. The summed E-state index contributed by atoms with van der Waals surface area (Å²) in [5.41, 5.74) is 4.56. The summed E-state index contributed by atoms with van der Waals surface area (Å²) in [7, 11) is -4.03. The molecule has 0 saturated heterocycles. The Morgan fingerprint density at radius 3 is 2.16 bits per heavy atom. The van der Waals surface area contributed by atoms with Crippen molar-refractivity contribution in [1.29, 1.82) is 0 Å². The molecule has 0 atom stereocenters. The fourth-order valence-corrected chi connectivity index (χ4v) is 5.84. The highest BCUT2D eigenvalue weighted by atomic mass is 32.2. The molecule has 0 unspecified atom stereocenters. The number of sulfonamides is 1. The van der Waals surface area contributed by atoms with Crippen molar-refractivity contribution in [2.75, 3.05) is 17.5 Å². The molecule has 5 rings (SSSR count). The van der Waals surface area contributed by atoms with Crippen LogP contribution in [0.5, 0.6) is 11.5 Å². The molecule has 5 aromatic rings. The van der Waals surface area contributed by atoms with Crippen molar-refractivity contribution < 1.29 is 22.7 Å². The van der Waals surface area contributed by atoms with Gasteiger partial charge in [-0.2, -0.15) is 5.10 Å². The summed E-state index contributed by atoms with van der Waals surface area (Å²) in [5.74, 6) is 0.703. The number of carbonyl (C=O) groups excluding carboxylic acids is 1. The Morgan fingerprint density at radius 2 is 1.44 bits per heavy atom. The average Bonchev–Trinajstić information content (AvgIpc) is 3.04. The molecule has 5 aromatic carbocycles. The third-order valence-corrected chi connectivity index (χ3v) is 8.34. The second-order valence-corrected chi connectivity index (χ2v) is 11.4. The molecule has 218 valence electrons. The Kier molecular flexibility index (Phi) is 9.33. The van der Waals surface area contributed by atoms with Crippen molar-refractivity contribution in [1.82, 2.24) is 5.43 Å². The van der Waals surface area contributed by atoms with Gasteiger partial charge in [-0.05, 0) is 95.6 Å². The predicted octanol–water partition coefficient (Wildman–Crippen LogP) is 6.16. The summed E-state index contributed by atoms with van der Waals surface area (Å²) in [5, 5.41) is 6.38. The lowest BCUT2D eigenvalue weighted by atomic mass is 10.1. The lowest BCUT2D eigenvalue weighted by molar-refractivity contribution is -0.119. The zero-order chi connectivity index (χ0) is 30.1. The minimum absolute atomic E-state index is 0.0723. The van der Waals surface area contributed by atoms with Crippen LogP contribution in [0.4, 0.5) is 5.69 Å². The molecule has 0 aliphatic rings. The Bertz CT molecular complexity index is 1810. The number of hydrogen-bond acceptors (Lipinski definition) is 6. The van der Waals surface area contributed by atoms with Gasteiger partial charge in [0.25, 0.3) is 15.9 Å². The van der Waals surface area contributed by atoms with E-state index in [0.717, 1.165) is 20.8 Å². The highest BCUT2D eigenvalue weighted by Gasteiger charge is 2.27. The Morgan fingerprint density at radius 1 is 0.791 bits per heavy atom. The van der Waals surface area contributed by atoms with Crippen molar-refractivity contribution in [2.24, 2.45) is 5.10 Å². The van der Waals surface area contributed by atoms with Crippen LogP contribution in [-0.2, 0) is 21.4 Å². The van der Waals surface area contributed by atoms with Crippen LogP contribution in [0.1, 0.15) is 18.1 Å². The van der Waals surface area contributed by atoms with Crippen molar-refractivity contribution in [3.8, 4) is 11.5 Å². The third kappa shape index (κ3) is 7.58. The molecule has 1 N–H and O–H groups in total. The molecule has 8 nitrogen and oxygen atoms in total. The number of nitrogens with zero attached hydrogens (tertiary/aromatic N) is 2. The minimum atomic E-state index is -4.03. The van der Waals surface area contributed by atoms with E-state index in [1.54, 1.807) is 42.5 Å². The maximum Gasteiger partial charge on any atom is 0.264 e. The van der Waals surface area contributed by atoms with Gasteiger partial charge in [0.05, 0.1) is 23.4 Å². The number of anilines is 1. The highest BCUT2D eigenvalue weighted by molar-refractivity contribution is 7.92. The van der Waals surface area contributed by atoms with Crippen molar-refractivity contribution in [2.45, 2.75) is 18.4 Å². The van der Waals surface area contributed by atoms with Gasteiger partial charge in [0.2, 0.25) is 0 Å². The summed E-state index contributed by atoms with van der Waals surface area (Å²) < 4.78 is 39.4. The van der Waals surface area contributed by atoms with Gasteiger partial charge in [-0.15, -0.1) is 0 Å². The number of hydrazone groups is 1. The van der Waals surface area contributed by atoms with Gasteiger partial charge in [-0.3, -0.25) is 9.10 Å². The van der Waals surface area contributed by atoms with Gasteiger partial charge in [0, 0.05) is 0 Å². The number of amides is 1. The smallest absolute Gasteiger partial charge is 0.264 e. The molecular weight excluding hydrogens is 562 g/mol. The van der Waals surface area contributed by atoms with Gasteiger partial charge in [-0.1, -0.05) is 54.6 Å². The monoisotopic (exact) mass is 593 g/mol. The van der Waals surface area contributed by atoms with Crippen LogP contribution < -0.4 is 19.2 Å². The summed E-state index contributed by atoms with van der Waals surface area (Å²) in [6, 6.07) is 36.2. The summed E-state index contributed by atoms with van der Waals surface area (Å²) in [4.78, 5) is 12.9. The Balaban J connectivity index is 1.21. The fourth-order valence-electron chi connectivity index (χ4n) is 4.40. The molecule has 0 aliphatic carbocycles. The standard InChI is InChI=1S/C34H31N3O5S/c1-2-41-31-20-16-30(17-21-31)37(43(39,40)33-10-4-3-5-11-33)24-34(38)36-35-23-26-13-18-32(19-14-26)42-25-27-12-15-28-8-6-7-9-29(28)22-27/h3-23H,2,24-25H2,1H3,(H,36,38)/b35-23-. The molecule has 0 radical (unpaired) electrons. The maximum atomic E-state index is 13.5. The number of rotatable bonds is 12. The van der Waals surface area contributed by atoms with Crippen LogP contribution in [0, 0.1) is 0 Å². The first-order valence-corrected chi connectivity index (χ1v) is 15.2. The summed E-state index contributed by atoms with van der Waals surface area (Å²) >= 11 is 0. The molecule has 0 spiro atoms. The Labute approximate surface area is 251 Å². The van der Waals surface area contributed by atoms with E-state index in [-0.39, 0.29) is 4.90 Å². The molecule has 0 heterocycles. The van der Waals surface area contributed by atoms with E-state index in [4.69, 9.17) is 9.47 Å². The maximum absolute atomic E-state index is 13.5. The van der Waals surface area contributed by atoms with E-state index in [1.807, 2.05) is 49.4 Å². The highest BCUT2D eigenvalue weighted by Crippen LogP contribution is 2.26. The Hall–Kier alpha value is -5.15. The largest absolute Gasteiger partial charge is 0.494 e. The van der Waals surface area contributed by atoms with Crippen LogP contribution >= 0.6 is 0 Å². The SMILES string of the molecule is CCOc1ccc(N(CC(=O)N/N=C\c2ccc(OCc3ccc4ccccc4c3)cc2)S(=O)(=O)c2ccccc2)cc1. The van der Waals surface area contributed by atoms with Crippen LogP contribution in [0.15, 0.2) is 131 Å². The molecule has 0 bridgehead atoms. The van der Waals surface area contributed by atoms with Crippen molar-refractivity contribution >= 4 is 38.6 Å². The van der Waals surface area contributed by atoms with E-state index in [1.165, 1.54) is 23.7 Å². The first kappa shape index (κ1) is 29.3. The van der Waals surface area contributed by atoms with Crippen LogP contribution in [0.2, 0.25) is 0 Å². The topological polar surface area (TPSA) is 97.3 Å². The lowest BCUT2D eigenvalue weighted by Gasteiger charge is -2.24. The minimum Gasteiger partial charge on any atom is -0.494 e. The molecule has 1 amide bonds. The average molecular weight is 594 g/mol. The number of carbonyl (C=O) groups is 1. The molecule has 9 heteroatoms. The van der Waals surface area contributed by atoms with Crippen LogP contribution in [0.25, 0.3) is 10.8 Å². The number of ether oxygens (including phenoxy) is 2. The van der Waals surface area contributed by atoms with E-state index in [2.05, 4.69) is 34.8 Å². The van der Waals surface area contributed by atoms with Gasteiger partial charge in [-0.25, -0.2) is 13.8 Å². The third-order valence-electron chi connectivity index (χ3n) is 6.56. The van der Waals surface area contributed by atoms with Crippen LogP contribution in [-0.4, -0.2) is 33.7 Å². The van der Waals surface area contributed by atoms with Gasteiger partial charge in [0.1, 0.15) is 24.7 Å².